The summed E-state index contributed by atoms with van der Waals surface area (Å²) >= 11 is 0. The van der Waals surface area contributed by atoms with E-state index in [1.165, 1.54) is 5.56 Å². The van der Waals surface area contributed by atoms with E-state index in [1.54, 1.807) is 6.26 Å². The Labute approximate surface area is 86.7 Å². The molecule has 0 aliphatic carbocycles. The minimum atomic E-state index is 0.370. The third-order valence-electron chi connectivity index (χ3n) is 2.38. The van der Waals surface area contributed by atoms with Crippen LogP contribution in [0.1, 0.15) is 44.6 Å². The van der Waals surface area contributed by atoms with Crippen molar-refractivity contribution < 1.29 is 4.42 Å². The van der Waals surface area contributed by atoms with Gasteiger partial charge in [-0.3, -0.25) is 0 Å². The van der Waals surface area contributed by atoms with Crippen LogP contribution in [0.2, 0.25) is 0 Å². The Morgan fingerprint density at radius 1 is 1.43 bits per heavy atom. The van der Waals surface area contributed by atoms with E-state index in [0.717, 1.165) is 18.7 Å². The molecule has 0 aromatic carbocycles. The Balaban J connectivity index is 2.72. The molecule has 1 aromatic heterocycles. The molecule has 0 bridgehead atoms. The fourth-order valence-electron chi connectivity index (χ4n) is 1.74. The summed E-state index contributed by atoms with van der Waals surface area (Å²) in [6.07, 6.45) is 2.90. The van der Waals surface area contributed by atoms with E-state index in [4.69, 9.17) is 4.42 Å². The first-order valence-electron chi connectivity index (χ1n) is 5.42. The molecule has 1 unspecified atom stereocenters. The first kappa shape index (κ1) is 11.3. The van der Waals surface area contributed by atoms with Gasteiger partial charge in [-0.1, -0.05) is 20.8 Å². The molecule has 0 saturated carbocycles. The molecule has 0 fully saturated rings. The van der Waals surface area contributed by atoms with Gasteiger partial charge in [-0.05, 0) is 37.4 Å². The van der Waals surface area contributed by atoms with Crippen molar-refractivity contribution in [1.29, 1.82) is 0 Å². The zero-order valence-corrected chi connectivity index (χ0v) is 9.63. The normalized spacial score (nSPS) is 13.5. The number of nitrogens with one attached hydrogen (secondary N) is 1. The van der Waals surface area contributed by atoms with Gasteiger partial charge in [0.25, 0.3) is 0 Å². The lowest BCUT2D eigenvalue weighted by molar-refractivity contribution is 0.364. The van der Waals surface area contributed by atoms with Crippen LogP contribution in [-0.2, 0) is 0 Å². The molecule has 0 radical (unpaired) electrons. The standard InChI is InChI=1S/C12H21NO/c1-5-13-11(8-9(2)3)12-10(4)6-7-14-12/h6-7,9,11,13H,5,8H2,1-4H3. The van der Waals surface area contributed by atoms with Crippen LogP contribution in [0.3, 0.4) is 0 Å². The van der Waals surface area contributed by atoms with Crippen LogP contribution >= 0.6 is 0 Å². The molecule has 1 heterocycles. The fraction of sp³-hybridized carbons (Fsp3) is 0.667. The summed E-state index contributed by atoms with van der Waals surface area (Å²) in [4.78, 5) is 0. The lowest BCUT2D eigenvalue weighted by atomic mass is 10.00. The molecule has 80 valence electrons. The van der Waals surface area contributed by atoms with Crippen molar-refractivity contribution in [3.05, 3.63) is 23.7 Å². The van der Waals surface area contributed by atoms with Crippen LogP contribution in [0.25, 0.3) is 0 Å². The minimum absolute atomic E-state index is 0.370. The first-order chi connectivity index (χ1) is 6.65. The summed E-state index contributed by atoms with van der Waals surface area (Å²) in [7, 11) is 0. The Bertz CT molecular complexity index is 265. The summed E-state index contributed by atoms with van der Waals surface area (Å²) in [6.45, 7) is 9.69. The quantitative estimate of drug-likeness (QED) is 0.780. The minimum Gasteiger partial charge on any atom is -0.467 e. The predicted molar refractivity (Wildman–Crippen MR) is 59.3 cm³/mol. The Morgan fingerprint density at radius 3 is 2.57 bits per heavy atom. The zero-order chi connectivity index (χ0) is 10.6. The molecule has 1 N–H and O–H groups in total. The monoisotopic (exact) mass is 195 g/mol. The topological polar surface area (TPSA) is 25.2 Å². The SMILES string of the molecule is CCNC(CC(C)C)c1occc1C. The molecule has 1 rings (SSSR count). The summed E-state index contributed by atoms with van der Waals surface area (Å²) in [5.74, 6) is 1.78. The third kappa shape index (κ3) is 2.88. The summed E-state index contributed by atoms with van der Waals surface area (Å²) in [5, 5.41) is 3.46. The van der Waals surface area contributed by atoms with Crippen molar-refractivity contribution in [3.8, 4) is 0 Å². The van der Waals surface area contributed by atoms with Gasteiger partial charge in [-0.25, -0.2) is 0 Å². The highest BCUT2D eigenvalue weighted by Crippen LogP contribution is 2.24. The van der Waals surface area contributed by atoms with Crippen LogP contribution in [0.4, 0.5) is 0 Å². The van der Waals surface area contributed by atoms with Gasteiger partial charge in [0.1, 0.15) is 5.76 Å². The number of hydrogen-bond donors (Lipinski definition) is 1. The molecule has 0 spiro atoms. The van der Waals surface area contributed by atoms with Crippen molar-refractivity contribution in [3.63, 3.8) is 0 Å². The second-order valence-electron chi connectivity index (χ2n) is 4.21. The van der Waals surface area contributed by atoms with Gasteiger partial charge in [0, 0.05) is 0 Å². The molecule has 0 aliphatic rings. The van der Waals surface area contributed by atoms with E-state index in [-0.39, 0.29) is 0 Å². The molecule has 0 aliphatic heterocycles. The van der Waals surface area contributed by atoms with Crippen LogP contribution < -0.4 is 5.32 Å². The van der Waals surface area contributed by atoms with Gasteiger partial charge in [-0.15, -0.1) is 0 Å². The second-order valence-corrected chi connectivity index (χ2v) is 4.21. The number of aryl methyl sites for hydroxylation is 1. The highest BCUT2D eigenvalue weighted by molar-refractivity contribution is 5.18. The van der Waals surface area contributed by atoms with Crippen LogP contribution in [0, 0.1) is 12.8 Å². The average Bonchev–Trinajstić information content (AvgIpc) is 2.50. The van der Waals surface area contributed by atoms with E-state index in [2.05, 4.69) is 33.0 Å². The number of rotatable bonds is 5. The molecule has 1 aromatic rings. The van der Waals surface area contributed by atoms with Crippen molar-refractivity contribution in [1.82, 2.24) is 5.32 Å². The molecule has 0 amide bonds. The van der Waals surface area contributed by atoms with Crippen molar-refractivity contribution in [2.75, 3.05) is 6.54 Å². The third-order valence-corrected chi connectivity index (χ3v) is 2.38. The highest BCUT2D eigenvalue weighted by Gasteiger charge is 2.16. The molecule has 1 atom stereocenters. The molecule has 2 nitrogen and oxygen atoms in total. The van der Waals surface area contributed by atoms with Crippen molar-refractivity contribution >= 4 is 0 Å². The van der Waals surface area contributed by atoms with Gasteiger partial charge in [0.2, 0.25) is 0 Å². The summed E-state index contributed by atoms with van der Waals surface area (Å²) in [6, 6.07) is 2.40. The summed E-state index contributed by atoms with van der Waals surface area (Å²) in [5.41, 5.74) is 1.25. The van der Waals surface area contributed by atoms with Gasteiger partial charge < -0.3 is 9.73 Å². The van der Waals surface area contributed by atoms with E-state index in [0.29, 0.717) is 12.0 Å². The lowest BCUT2D eigenvalue weighted by Crippen LogP contribution is -2.22. The molecular weight excluding hydrogens is 174 g/mol. The lowest BCUT2D eigenvalue weighted by Gasteiger charge is -2.18. The predicted octanol–water partition coefficient (Wildman–Crippen LogP) is 3.28. The maximum atomic E-state index is 5.52. The Morgan fingerprint density at radius 2 is 2.14 bits per heavy atom. The second kappa shape index (κ2) is 5.20. The zero-order valence-electron chi connectivity index (χ0n) is 9.63. The van der Waals surface area contributed by atoms with Crippen LogP contribution in [-0.4, -0.2) is 6.54 Å². The van der Waals surface area contributed by atoms with Crippen molar-refractivity contribution in [2.24, 2.45) is 5.92 Å². The summed E-state index contributed by atoms with van der Waals surface area (Å²) < 4.78 is 5.52. The van der Waals surface area contributed by atoms with Crippen LogP contribution in [0.15, 0.2) is 16.7 Å². The average molecular weight is 195 g/mol. The van der Waals surface area contributed by atoms with E-state index < -0.39 is 0 Å². The smallest absolute Gasteiger partial charge is 0.123 e. The van der Waals surface area contributed by atoms with E-state index in [9.17, 15) is 0 Å². The molecular formula is C12H21NO. The van der Waals surface area contributed by atoms with Gasteiger partial charge in [-0.2, -0.15) is 0 Å². The molecule has 14 heavy (non-hydrogen) atoms. The van der Waals surface area contributed by atoms with Gasteiger partial charge in [0.05, 0.1) is 12.3 Å². The Kier molecular flexibility index (Phi) is 4.21. The molecule has 2 heteroatoms. The fourth-order valence-corrected chi connectivity index (χ4v) is 1.74. The van der Waals surface area contributed by atoms with Gasteiger partial charge >= 0.3 is 0 Å². The van der Waals surface area contributed by atoms with Gasteiger partial charge in [0.15, 0.2) is 0 Å². The maximum Gasteiger partial charge on any atom is 0.123 e. The largest absolute Gasteiger partial charge is 0.467 e. The number of furan rings is 1. The van der Waals surface area contributed by atoms with Crippen LogP contribution in [0.5, 0.6) is 0 Å². The first-order valence-corrected chi connectivity index (χ1v) is 5.42. The van der Waals surface area contributed by atoms with Crippen molar-refractivity contribution in [2.45, 2.75) is 40.2 Å². The van der Waals surface area contributed by atoms with E-state index in [1.807, 2.05) is 6.07 Å². The van der Waals surface area contributed by atoms with E-state index >= 15 is 0 Å². The highest BCUT2D eigenvalue weighted by atomic mass is 16.3. The molecule has 0 saturated heterocycles. The maximum absolute atomic E-state index is 5.52. The Hall–Kier alpha value is -0.760. The number of hydrogen-bond acceptors (Lipinski definition) is 2.